The van der Waals surface area contributed by atoms with Gasteiger partial charge in [-0.25, -0.2) is 0 Å². The van der Waals surface area contributed by atoms with Crippen LogP contribution < -0.4 is 0 Å². The zero-order chi connectivity index (χ0) is 11.6. The van der Waals surface area contributed by atoms with Gasteiger partial charge in [-0.3, -0.25) is 4.79 Å². The molecule has 0 N–H and O–H groups in total. The van der Waals surface area contributed by atoms with Crippen LogP contribution in [0.3, 0.4) is 0 Å². The molecule has 0 rings (SSSR count). The van der Waals surface area contributed by atoms with Crippen LogP contribution in [0.2, 0.25) is 0 Å². The summed E-state index contributed by atoms with van der Waals surface area (Å²) in [6.45, 7) is 8.89. The summed E-state index contributed by atoms with van der Waals surface area (Å²) in [6.07, 6.45) is 0.257. The second-order valence-electron chi connectivity index (χ2n) is 2.69. The van der Waals surface area contributed by atoms with Crippen molar-refractivity contribution < 1.29 is 19.1 Å². The Balaban J connectivity index is 0. The standard InChI is InChI=1S/C6H12O3.C4H8O/c1-4-8-6(3)9-5(2)7;1-3-4(2)5/h6H,4H2,1-3H3;3H2,1-2H3. The van der Waals surface area contributed by atoms with Crippen LogP contribution in [0.15, 0.2) is 0 Å². The summed E-state index contributed by atoms with van der Waals surface area (Å²) in [5.74, 6) is -0.0547. The first-order chi connectivity index (χ1) is 6.43. The molecule has 0 amide bonds. The fraction of sp³-hybridized carbons (Fsp3) is 0.800. The Kier molecular flexibility index (Phi) is 11.3. The molecule has 84 valence electrons. The Morgan fingerprint density at radius 1 is 1.21 bits per heavy atom. The minimum Gasteiger partial charge on any atom is -0.436 e. The van der Waals surface area contributed by atoms with E-state index in [1.54, 1.807) is 13.8 Å². The topological polar surface area (TPSA) is 52.6 Å². The average Bonchev–Trinajstić information content (AvgIpc) is 2.04. The van der Waals surface area contributed by atoms with Crippen LogP contribution in [-0.4, -0.2) is 24.6 Å². The van der Waals surface area contributed by atoms with E-state index < -0.39 is 6.29 Å². The highest BCUT2D eigenvalue weighted by Gasteiger charge is 2.01. The summed E-state index contributed by atoms with van der Waals surface area (Å²) in [7, 11) is 0. The maximum Gasteiger partial charge on any atom is 0.304 e. The summed E-state index contributed by atoms with van der Waals surface area (Å²) >= 11 is 0. The quantitative estimate of drug-likeness (QED) is 0.518. The number of hydrogen-bond donors (Lipinski definition) is 0. The molecular formula is C10H20O4. The molecular weight excluding hydrogens is 184 g/mol. The van der Waals surface area contributed by atoms with Gasteiger partial charge in [0.15, 0.2) is 6.29 Å². The second-order valence-corrected chi connectivity index (χ2v) is 2.69. The SMILES string of the molecule is CCC(C)=O.CCOC(C)OC(C)=O. The lowest BCUT2D eigenvalue weighted by Gasteiger charge is -2.09. The first-order valence-corrected chi connectivity index (χ1v) is 4.72. The molecule has 1 atom stereocenters. The monoisotopic (exact) mass is 204 g/mol. The van der Waals surface area contributed by atoms with Crippen LogP contribution in [0.1, 0.15) is 41.0 Å². The van der Waals surface area contributed by atoms with Crippen molar-refractivity contribution in [3.63, 3.8) is 0 Å². The van der Waals surface area contributed by atoms with Gasteiger partial charge in [-0.1, -0.05) is 6.92 Å². The molecule has 0 aliphatic rings. The van der Waals surface area contributed by atoms with E-state index in [0.29, 0.717) is 13.0 Å². The smallest absolute Gasteiger partial charge is 0.304 e. The Labute approximate surface area is 85.6 Å². The number of esters is 1. The molecule has 0 fully saturated rings. The lowest BCUT2D eigenvalue weighted by Crippen LogP contribution is -2.15. The summed E-state index contributed by atoms with van der Waals surface area (Å²) in [5.41, 5.74) is 0. The number of Topliss-reactive ketones (excluding diaryl/α,β-unsaturated/α-hetero) is 1. The van der Waals surface area contributed by atoms with Crippen LogP contribution in [0.5, 0.6) is 0 Å². The van der Waals surface area contributed by atoms with E-state index >= 15 is 0 Å². The molecule has 0 aromatic heterocycles. The molecule has 0 aromatic carbocycles. The molecule has 4 nitrogen and oxygen atoms in total. The van der Waals surface area contributed by atoms with Crippen molar-refractivity contribution in [3.05, 3.63) is 0 Å². The molecule has 0 aliphatic heterocycles. The van der Waals surface area contributed by atoms with Gasteiger partial charge in [-0.05, 0) is 20.8 Å². The van der Waals surface area contributed by atoms with Crippen LogP contribution in [0.25, 0.3) is 0 Å². The molecule has 0 spiro atoms. The van der Waals surface area contributed by atoms with Crippen molar-refractivity contribution in [2.45, 2.75) is 47.3 Å². The van der Waals surface area contributed by atoms with E-state index in [1.807, 2.05) is 13.8 Å². The maximum atomic E-state index is 10.2. The average molecular weight is 204 g/mol. The first kappa shape index (κ1) is 15.6. The van der Waals surface area contributed by atoms with Gasteiger partial charge in [0.1, 0.15) is 5.78 Å². The Bertz CT molecular complexity index is 166. The number of ketones is 1. The predicted molar refractivity (Wildman–Crippen MR) is 53.8 cm³/mol. The van der Waals surface area contributed by atoms with Gasteiger partial charge in [0.25, 0.3) is 0 Å². The minimum absolute atomic E-state index is 0.255. The number of carbonyl (C=O) groups is 2. The third-order valence-electron chi connectivity index (χ3n) is 1.23. The van der Waals surface area contributed by atoms with Crippen molar-refractivity contribution in [3.8, 4) is 0 Å². The van der Waals surface area contributed by atoms with Gasteiger partial charge in [0.2, 0.25) is 0 Å². The molecule has 0 aromatic rings. The maximum absolute atomic E-state index is 10.2. The molecule has 0 bridgehead atoms. The van der Waals surface area contributed by atoms with E-state index in [4.69, 9.17) is 4.74 Å². The second kappa shape index (κ2) is 10.2. The van der Waals surface area contributed by atoms with Crippen molar-refractivity contribution in [2.24, 2.45) is 0 Å². The molecule has 0 radical (unpaired) electrons. The predicted octanol–water partition coefficient (Wildman–Crippen LogP) is 1.92. The van der Waals surface area contributed by atoms with Gasteiger partial charge in [-0.15, -0.1) is 0 Å². The van der Waals surface area contributed by atoms with Crippen LogP contribution in [0, 0.1) is 0 Å². The van der Waals surface area contributed by atoms with Gasteiger partial charge < -0.3 is 14.3 Å². The van der Waals surface area contributed by atoms with Crippen molar-refractivity contribution >= 4 is 11.8 Å². The summed E-state index contributed by atoms with van der Waals surface area (Å²) in [6, 6.07) is 0. The summed E-state index contributed by atoms with van der Waals surface area (Å²) < 4.78 is 9.54. The summed E-state index contributed by atoms with van der Waals surface area (Å²) in [4.78, 5) is 20.0. The van der Waals surface area contributed by atoms with E-state index in [0.717, 1.165) is 0 Å². The molecule has 0 heterocycles. The van der Waals surface area contributed by atoms with Gasteiger partial charge in [-0.2, -0.15) is 0 Å². The van der Waals surface area contributed by atoms with Crippen LogP contribution in [-0.2, 0) is 19.1 Å². The third-order valence-corrected chi connectivity index (χ3v) is 1.23. The fourth-order valence-electron chi connectivity index (χ4n) is 0.502. The number of rotatable bonds is 4. The molecule has 0 saturated carbocycles. The van der Waals surface area contributed by atoms with Crippen LogP contribution in [0.4, 0.5) is 0 Å². The highest BCUT2D eigenvalue weighted by molar-refractivity contribution is 5.74. The summed E-state index contributed by atoms with van der Waals surface area (Å²) in [5, 5.41) is 0. The van der Waals surface area contributed by atoms with Gasteiger partial charge >= 0.3 is 5.97 Å². The van der Waals surface area contributed by atoms with Gasteiger partial charge in [0, 0.05) is 20.0 Å². The number of carbonyl (C=O) groups excluding carboxylic acids is 2. The molecule has 14 heavy (non-hydrogen) atoms. The molecule has 0 aliphatic carbocycles. The largest absolute Gasteiger partial charge is 0.436 e. The van der Waals surface area contributed by atoms with Crippen molar-refractivity contribution in [1.29, 1.82) is 0 Å². The Morgan fingerprint density at radius 3 is 1.86 bits per heavy atom. The lowest BCUT2D eigenvalue weighted by molar-refractivity contribution is -0.171. The number of ether oxygens (including phenoxy) is 2. The molecule has 0 saturated heterocycles. The first-order valence-electron chi connectivity index (χ1n) is 4.72. The van der Waals surface area contributed by atoms with Crippen molar-refractivity contribution in [2.75, 3.05) is 6.61 Å². The highest BCUT2D eigenvalue weighted by Crippen LogP contribution is 1.91. The zero-order valence-electron chi connectivity index (χ0n) is 9.62. The molecule has 4 heteroatoms. The molecule has 1 unspecified atom stereocenters. The van der Waals surface area contributed by atoms with Crippen molar-refractivity contribution in [1.82, 2.24) is 0 Å². The van der Waals surface area contributed by atoms with E-state index in [1.165, 1.54) is 6.92 Å². The number of hydrogen-bond acceptors (Lipinski definition) is 4. The fourth-order valence-corrected chi connectivity index (χ4v) is 0.502. The minimum atomic E-state index is -0.410. The normalized spacial score (nSPS) is 10.9. The Hall–Kier alpha value is -0.900. The Morgan fingerprint density at radius 2 is 1.64 bits per heavy atom. The van der Waals surface area contributed by atoms with E-state index in [2.05, 4.69) is 4.74 Å². The van der Waals surface area contributed by atoms with Crippen LogP contribution >= 0.6 is 0 Å². The van der Waals surface area contributed by atoms with E-state index in [-0.39, 0.29) is 11.8 Å². The lowest BCUT2D eigenvalue weighted by atomic mass is 10.4. The van der Waals surface area contributed by atoms with Gasteiger partial charge in [0.05, 0.1) is 0 Å². The van der Waals surface area contributed by atoms with E-state index in [9.17, 15) is 9.59 Å². The third kappa shape index (κ3) is 17.3. The zero-order valence-corrected chi connectivity index (χ0v) is 9.62. The highest BCUT2D eigenvalue weighted by atomic mass is 16.7.